The second-order valence-electron chi connectivity index (χ2n) is 5.60. The molecule has 0 bridgehead atoms. The van der Waals surface area contributed by atoms with Crippen LogP contribution in [-0.2, 0) is 4.74 Å². The van der Waals surface area contributed by atoms with Crippen molar-refractivity contribution in [2.45, 2.75) is 6.92 Å². The van der Waals surface area contributed by atoms with E-state index < -0.39 is 0 Å². The van der Waals surface area contributed by atoms with E-state index in [1.54, 1.807) is 7.11 Å². The molecule has 6 heteroatoms. The number of nitrogens with two attached hydrogens (primary N) is 1. The summed E-state index contributed by atoms with van der Waals surface area (Å²) in [6.45, 7) is 7.62. The Morgan fingerprint density at radius 2 is 2.05 bits per heavy atom. The number of hydrogen-bond acceptors (Lipinski definition) is 4. The molecule has 3 N–H and O–H groups in total. The lowest BCUT2D eigenvalue weighted by molar-refractivity contribution is 0.0323. The Morgan fingerprint density at radius 3 is 2.68 bits per heavy atom. The van der Waals surface area contributed by atoms with Gasteiger partial charge in [-0.2, -0.15) is 0 Å². The van der Waals surface area contributed by atoms with Crippen molar-refractivity contribution in [3.8, 4) is 5.75 Å². The second kappa shape index (κ2) is 8.60. The lowest BCUT2D eigenvalue weighted by Crippen LogP contribution is -2.39. The van der Waals surface area contributed by atoms with E-state index in [0.717, 1.165) is 44.3 Å². The number of guanidine groups is 1. The zero-order valence-electron chi connectivity index (χ0n) is 13.4. The van der Waals surface area contributed by atoms with Gasteiger partial charge < -0.3 is 20.5 Å². The van der Waals surface area contributed by atoms with Crippen LogP contribution in [0.15, 0.2) is 29.3 Å². The van der Waals surface area contributed by atoms with E-state index in [4.69, 9.17) is 15.2 Å². The van der Waals surface area contributed by atoms with Crippen LogP contribution in [0.25, 0.3) is 0 Å². The van der Waals surface area contributed by atoms with Gasteiger partial charge in [-0.25, -0.2) is 0 Å². The fraction of sp³-hybridized carbons (Fsp3) is 0.562. The van der Waals surface area contributed by atoms with Gasteiger partial charge in [0, 0.05) is 31.9 Å². The van der Waals surface area contributed by atoms with Crippen LogP contribution in [0.3, 0.4) is 0 Å². The van der Waals surface area contributed by atoms with Crippen molar-refractivity contribution < 1.29 is 9.47 Å². The fourth-order valence-electron chi connectivity index (χ4n) is 2.40. The number of ether oxygens (including phenoxy) is 2. The molecule has 6 nitrogen and oxygen atoms in total. The Bertz CT molecular complexity index is 470. The molecule has 0 amide bonds. The van der Waals surface area contributed by atoms with Gasteiger partial charge >= 0.3 is 0 Å². The maximum absolute atomic E-state index is 5.93. The quantitative estimate of drug-likeness (QED) is 0.614. The number of nitrogens with zero attached hydrogens (tertiary/aromatic N) is 2. The molecule has 1 aliphatic heterocycles. The van der Waals surface area contributed by atoms with Crippen LogP contribution in [0.2, 0.25) is 0 Å². The summed E-state index contributed by atoms with van der Waals surface area (Å²) < 4.78 is 10.5. The van der Waals surface area contributed by atoms with E-state index in [1.165, 1.54) is 0 Å². The molecule has 1 aliphatic rings. The van der Waals surface area contributed by atoms with E-state index in [2.05, 4.69) is 22.1 Å². The summed E-state index contributed by atoms with van der Waals surface area (Å²) in [6, 6.07) is 7.60. The minimum Gasteiger partial charge on any atom is -0.497 e. The molecule has 1 fully saturated rings. The molecule has 0 aromatic heterocycles. The number of benzene rings is 1. The maximum Gasteiger partial charge on any atom is 0.193 e. The van der Waals surface area contributed by atoms with Crippen molar-refractivity contribution in [2.24, 2.45) is 16.6 Å². The molecule has 1 aromatic carbocycles. The third kappa shape index (κ3) is 5.54. The number of morpholine rings is 1. The zero-order valence-corrected chi connectivity index (χ0v) is 13.4. The van der Waals surface area contributed by atoms with E-state index in [0.29, 0.717) is 18.4 Å². The first-order valence-electron chi connectivity index (χ1n) is 7.68. The average Bonchev–Trinajstić information content (AvgIpc) is 2.55. The number of aliphatic imine (C=N–C) groups is 1. The van der Waals surface area contributed by atoms with Crippen LogP contribution < -0.4 is 15.8 Å². The molecule has 0 aliphatic carbocycles. The molecule has 1 heterocycles. The highest BCUT2D eigenvalue weighted by Gasteiger charge is 2.13. The molecule has 0 spiro atoms. The molecule has 22 heavy (non-hydrogen) atoms. The number of methoxy groups -OCH3 is 1. The molecule has 2 rings (SSSR count). The normalized spacial score (nSPS) is 18.0. The first-order valence-corrected chi connectivity index (χ1v) is 7.68. The highest BCUT2D eigenvalue weighted by Crippen LogP contribution is 2.14. The smallest absolute Gasteiger partial charge is 0.193 e. The van der Waals surface area contributed by atoms with Crippen LogP contribution in [-0.4, -0.2) is 57.4 Å². The number of anilines is 1. The molecule has 1 atom stereocenters. The number of rotatable bonds is 6. The van der Waals surface area contributed by atoms with Crippen LogP contribution in [0.5, 0.6) is 5.75 Å². The molecule has 1 unspecified atom stereocenters. The van der Waals surface area contributed by atoms with Gasteiger partial charge in [0.15, 0.2) is 5.96 Å². The van der Waals surface area contributed by atoms with Crippen molar-refractivity contribution in [1.29, 1.82) is 0 Å². The van der Waals surface area contributed by atoms with Crippen molar-refractivity contribution >= 4 is 11.6 Å². The summed E-state index contributed by atoms with van der Waals surface area (Å²) in [5.74, 6) is 1.73. The van der Waals surface area contributed by atoms with Crippen molar-refractivity contribution in [3.05, 3.63) is 24.3 Å². The molecule has 122 valence electrons. The molecule has 0 radical (unpaired) electrons. The van der Waals surface area contributed by atoms with Gasteiger partial charge in [-0.3, -0.25) is 9.89 Å². The van der Waals surface area contributed by atoms with Gasteiger partial charge in [0.25, 0.3) is 0 Å². The fourth-order valence-corrected chi connectivity index (χ4v) is 2.40. The van der Waals surface area contributed by atoms with E-state index >= 15 is 0 Å². The minimum atomic E-state index is 0.444. The summed E-state index contributed by atoms with van der Waals surface area (Å²) in [5, 5.41) is 3.09. The first-order chi connectivity index (χ1) is 10.7. The summed E-state index contributed by atoms with van der Waals surface area (Å²) >= 11 is 0. The molecular weight excluding hydrogens is 280 g/mol. The van der Waals surface area contributed by atoms with Gasteiger partial charge in [-0.05, 0) is 30.2 Å². The van der Waals surface area contributed by atoms with Gasteiger partial charge in [-0.1, -0.05) is 6.92 Å². The van der Waals surface area contributed by atoms with Crippen LogP contribution in [0.4, 0.5) is 5.69 Å². The van der Waals surface area contributed by atoms with Crippen molar-refractivity contribution in [3.63, 3.8) is 0 Å². The monoisotopic (exact) mass is 306 g/mol. The first kappa shape index (κ1) is 16.6. The summed E-state index contributed by atoms with van der Waals surface area (Å²) in [7, 11) is 1.65. The largest absolute Gasteiger partial charge is 0.497 e. The minimum absolute atomic E-state index is 0.444. The van der Waals surface area contributed by atoms with Crippen LogP contribution >= 0.6 is 0 Å². The Kier molecular flexibility index (Phi) is 6.48. The molecule has 1 aromatic rings. The molecule has 0 saturated carbocycles. The highest BCUT2D eigenvalue weighted by molar-refractivity contribution is 5.92. The van der Waals surface area contributed by atoms with E-state index in [-0.39, 0.29) is 0 Å². The van der Waals surface area contributed by atoms with Crippen molar-refractivity contribution in [1.82, 2.24) is 4.90 Å². The topological polar surface area (TPSA) is 72.1 Å². The summed E-state index contributed by atoms with van der Waals surface area (Å²) in [4.78, 5) is 6.84. The van der Waals surface area contributed by atoms with Crippen molar-refractivity contribution in [2.75, 3.05) is 51.8 Å². The highest BCUT2D eigenvalue weighted by atomic mass is 16.5. The van der Waals surface area contributed by atoms with Gasteiger partial charge in [0.1, 0.15) is 5.75 Å². The lowest BCUT2D eigenvalue weighted by atomic mass is 10.1. The van der Waals surface area contributed by atoms with Gasteiger partial charge in [0.2, 0.25) is 0 Å². The summed E-state index contributed by atoms with van der Waals surface area (Å²) in [6.07, 6.45) is 0. The number of hydrogen-bond donors (Lipinski definition) is 2. The van der Waals surface area contributed by atoms with Crippen LogP contribution in [0.1, 0.15) is 6.92 Å². The summed E-state index contributed by atoms with van der Waals surface area (Å²) in [5.41, 5.74) is 6.84. The Balaban J connectivity index is 1.75. The number of nitrogens with one attached hydrogen (secondary N) is 1. The molecular formula is C16H26N4O2. The van der Waals surface area contributed by atoms with Crippen LogP contribution in [0, 0.1) is 5.92 Å². The molecule has 1 saturated heterocycles. The maximum atomic E-state index is 5.93. The standard InChI is InChI=1S/C16H26N4O2/c1-13(12-20-7-9-22-10-8-20)11-18-16(17)19-14-3-5-15(21-2)6-4-14/h3-6,13H,7-12H2,1-2H3,(H3,17,18,19). The van der Waals surface area contributed by atoms with E-state index in [1.807, 2.05) is 24.3 Å². The predicted octanol–water partition coefficient (Wildman–Crippen LogP) is 1.39. The second-order valence-corrected chi connectivity index (χ2v) is 5.60. The van der Waals surface area contributed by atoms with Gasteiger partial charge in [-0.15, -0.1) is 0 Å². The predicted molar refractivity (Wildman–Crippen MR) is 89.5 cm³/mol. The Morgan fingerprint density at radius 1 is 1.36 bits per heavy atom. The average molecular weight is 306 g/mol. The Labute approximate surface area is 132 Å². The third-order valence-corrected chi connectivity index (χ3v) is 3.61. The third-order valence-electron chi connectivity index (χ3n) is 3.61. The van der Waals surface area contributed by atoms with Gasteiger partial charge in [0.05, 0.1) is 20.3 Å². The van der Waals surface area contributed by atoms with E-state index in [9.17, 15) is 0 Å². The lowest BCUT2D eigenvalue weighted by Gasteiger charge is -2.28. The Hall–Kier alpha value is -1.79. The SMILES string of the molecule is COc1ccc(NC(N)=NCC(C)CN2CCOCC2)cc1. The zero-order chi connectivity index (χ0) is 15.8.